The Morgan fingerprint density at radius 2 is 2.17 bits per heavy atom. The lowest BCUT2D eigenvalue weighted by Gasteiger charge is -2.27. The van der Waals surface area contributed by atoms with Crippen LogP contribution in [0.4, 0.5) is 0 Å². The number of rotatable bonds is 2. The first-order valence-corrected chi connectivity index (χ1v) is 7.43. The maximum absolute atomic E-state index is 5.81. The zero-order chi connectivity index (χ0) is 12.5. The Labute approximate surface area is 117 Å². The van der Waals surface area contributed by atoms with Gasteiger partial charge in [0, 0.05) is 39.1 Å². The molecule has 0 aromatic heterocycles. The van der Waals surface area contributed by atoms with Crippen LogP contribution in [-0.2, 0) is 13.0 Å². The summed E-state index contributed by atoms with van der Waals surface area (Å²) < 4.78 is 6.92. The van der Waals surface area contributed by atoms with Gasteiger partial charge in [0.1, 0.15) is 11.9 Å². The summed E-state index contributed by atoms with van der Waals surface area (Å²) in [6.45, 7) is 7.66. The summed E-state index contributed by atoms with van der Waals surface area (Å²) in [4.78, 5) is 2.50. The highest BCUT2D eigenvalue weighted by atomic mass is 79.9. The van der Waals surface area contributed by atoms with Crippen LogP contribution in [0.5, 0.6) is 5.75 Å². The van der Waals surface area contributed by atoms with E-state index in [0.717, 1.165) is 49.4 Å². The van der Waals surface area contributed by atoms with Gasteiger partial charge >= 0.3 is 0 Å². The lowest BCUT2D eigenvalue weighted by Crippen LogP contribution is -2.42. The molecule has 3 nitrogen and oxygen atoms in total. The minimum Gasteiger partial charge on any atom is -0.489 e. The van der Waals surface area contributed by atoms with Gasteiger partial charge in [0.15, 0.2) is 0 Å². The quantitative estimate of drug-likeness (QED) is 0.906. The van der Waals surface area contributed by atoms with Crippen molar-refractivity contribution >= 4 is 15.9 Å². The van der Waals surface area contributed by atoms with Gasteiger partial charge in [-0.2, -0.15) is 0 Å². The zero-order valence-electron chi connectivity index (χ0n) is 10.7. The van der Waals surface area contributed by atoms with Gasteiger partial charge in [0.05, 0.1) is 4.47 Å². The van der Waals surface area contributed by atoms with E-state index in [-0.39, 0.29) is 0 Å². The Morgan fingerprint density at radius 1 is 1.39 bits per heavy atom. The van der Waals surface area contributed by atoms with Crippen molar-refractivity contribution in [3.05, 3.63) is 27.7 Å². The molecule has 0 amide bonds. The Bertz CT molecular complexity index is 444. The largest absolute Gasteiger partial charge is 0.489 e. The van der Waals surface area contributed by atoms with Crippen LogP contribution in [0.1, 0.15) is 18.1 Å². The SMILES string of the molecule is CC1Cc2cc(CN3CCNCC3)cc(Br)c2O1. The van der Waals surface area contributed by atoms with E-state index in [2.05, 4.69) is 45.2 Å². The van der Waals surface area contributed by atoms with Crippen LogP contribution in [0.25, 0.3) is 0 Å². The van der Waals surface area contributed by atoms with E-state index < -0.39 is 0 Å². The molecule has 1 aromatic rings. The van der Waals surface area contributed by atoms with Gasteiger partial charge in [-0.05, 0) is 40.0 Å². The molecule has 0 radical (unpaired) electrons. The van der Waals surface area contributed by atoms with E-state index in [1.807, 2.05) is 0 Å². The van der Waals surface area contributed by atoms with E-state index in [0.29, 0.717) is 6.10 Å². The van der Waals surface area contributed by atoms with Crippen LogP contribution in [0.3, 0.4) is 0 Å². The Hall–Kier alpha value is -0.580. The molecule has 0 bridgehead atoms. The first-order valence-electron chi connectivity index (χ1n) is 6.63. The lowest BCUT2D eigenvalue weighted by molar-refractivity contribution is 0.233. The molecule has 1 atom stereocenters. The molecule has 1 N–H and O–H groups in total. The Kier molecular flexibility index (Phi) is 3.59. The number of piperazine rings is 1. The van der Waals surface area contributed by atoms with Gasteiger partial charge in [-0.1, -0.05) is 6.07 Å². The summed E-state index contributed by atoms with van der Waals surface area (Å²) in [5.41, 5.74) is 2.74. The molecule has 1 aromatic carbocycles. The lowest BCUT2D eigenvalue weighted by atomic mass is 10.1. The van der Waals surface area contributed by atoms with Crippen molar-refractivity contribution in [1.29, 1.82) is 0 Å². The van der Waals surface area contributed by atoms with Crippen molar-refractivity contribution in [2.24, 2.45) is 0 Å². The van der Waals surface area contributed by atoms with E-state index in [4.69, 9.17) is 4.74 Å². The monoisotopic (exact) mass is 310 g/mol. The maximum Gasteiger partial charge on any atom is 0.137 e. The molecule has 2 aliphatic rings. The minimum absolute atomic E-state index is 0.311. The molecule has 1 saturated heterocycles. The molecular formula is C14H19BrN2O. The van der Waals surface area contributed by atoms with Crippen LogP contribution in [0.15, 0.2) is 16.6 Å². The standard InChI is InChI=1S/C14H19BrN2O/c1-10-6-12-7-11(8-13(15)14(12)18-10)9-17-4-2-16-3-5-17/h7-8,10,16H,2-6,9H2,1H3. The highest BCUT2D eigenvalue weighted by molar-refractivity contribution is 9.10. The summed E-state index contributed by atoms with van der Waals surface area (Å²) in [6, 6.07) is 4.52. The summed E-state index contributed by atoms with van der Waals surface area (Å²) in [5, 5.41) is 3.39. The highest BCUT2D eigenvalue weighted by Crippen LogP contribution is 2.37. The normalized spacial score (nSPS) is 23.8. The molecular weight excluding hydrogens is 292 g/mol. The molecule has 2 heterocycles. The van der Waals surface area contributed by atoms with Gasteiger partial charge in [-0.3, -0.25) is 4.90 Å². The van der Waals surface area contributed by atoms with Crippen molar-refractivity contribution in [3.63, 3.8) is 0 Å². The minimum atomic E-state index is 0.311. The first-order chi connectivity index (χ1) is 8.72. The number of benzene rings is 1. The van der Waals surface area contributed by atoms with Crippen LogP contribution >= 0.6 is 15.9 Å². The van der Waals surface area contributed by atoms with Crippen molar-refractivity contribution < 1.29 is 4.74 Å². The van der Waals surface area contributed by atoms with Crippen molar-refractivity contribution in [2.75, 3.05) is 26.2 Å². The summed E-state index contributed by atoms with van der Waals surface area (Å²) in [5.74, 6) is 1.05. The molecule has 1 fully saturated rings. The number of nitrogens with one attached hydrogen (secondary N) is 1. The average Bonchev–Trinajstić information content (AvgIpc) is 2.72. The molecule has 98 valence electrons. The number of halogens is 1. The van der Waals surface area contributed by atoms with Crippen LogP contribution in [0, 0.1) is 0 Å². The fourth-order valence-corrected chi connectivity index (χ4v) is 3.41. The first kappa shape index (κ1) is 12.5. The topological polar surface area (TPSA) is 24.5 Å². The van der Waals surface area contributed by atoms with Gasteiger partial charge in [-0.25, -0.2) is 0 Å². The molecule has 0 saturated carbocycles. The number of nitrogens with zero attached hydrogens (tertiary/aromatic N) is 1. The third-order valence-electron chi connectivity index (χ3n) is 3.62. The van der Waals surface area contributed by atoms with Crippen molar-refractivity contribution in [2.45, 2.75) is 26.0 Å². The van der Waals surface area contributed by atoms with Crippen LogP contribution in [0.2, 0.25) is 0 Å². The number of fused-ring (bicyclic) bond motifs is 1. The fourth-order valence-electron chi connectivity index (χ4n) is 2.77. The third-order valence-corrected chi connectivity index (χ3v) is 4.21. The van der Waals surface area contributed by atoms with Gasteiger partial charge in [0.25, 0.3) is 0 Å². The smallest absolute Gasteiger partial charge is 0.137 e. The summed E-state index contributed by atoms with van der Waals surface area (Å²) >= 11 is 3.63. The van der Waals surface area contributed by atoms with Crippen LogP contribution in [-0.4, -0.2) is 37.2 Å². The molecule has 18 heavy (non-hydrogen) atoms. The van der Waals surface area contributed by atoms with Gasteiger partial charge in [-0.15, -0.1) is 0 Å². The molecule has 3 rings (SSSR count). The van der Waals surface area contributed by atoms with Gasteiger partial charge < -0.3 is 10.1 Å². The van der Waals surface area contributed by atoms with E-state index in [1.165, 1.54) is 11.1 Å². The maximum atomic E-state index is 5.81. The molecule has 0 spiro atoms. The van der Waals surface area contributed by atoms with E-state index >= 15 is 0 Å². The molecule has 4 heteroatoms. The predicted molar refractivity (Wildman–Crippen MR) is 76.1 cm³/mol. The summed E-state index contributed by atoms with van der Waals surface area (Å²) in [6.07, 6.45) is 1.34. The fraction of sp³-hybridized carbons (Fsp3) is 0.571. The highest BCUT2D eigenvalue weighted by Gasteiger charge is 2.22. The second kappa shape index (κ2) is 5.19. The van der Waals surface area contributed by atoms with E-state index in [9.17, 15) is 0 Å². The Morgan fingerprint density at radius 3 is 2.94 bits per heavy atom. The van der Waals surface area contributed by atoms with E-state index in [1.54, 1.807) is 0 Å². The second-order valence-electron chi connectivity index (χ2n) is 5.22. The zero-order valence-corrected chi connectivity index (χ0v) is 12.3. The van der Waals surface area contributed by atoms with Gasteiger partial charge in [0.2, 0.25) is 0 Å². The number of hydrogen-bond donors (Lipinski definition) is 1. The molecule has 1 unspecified atom stereocenters. The average molecular weight is 311 g/mol. The third kappa shape index (κ3) is 2.56. The van der Waals surface area contributed by atoms with Crippen molar-refractivity contribution in [3.8, 4) is 5.75 Å². The second-order valence-corrected chi connectivity index (χ2v) is 6.08. The van der Waals surface area contributed by atoms with Crippen LogP contribution < -0.4 is 10.1 Å². The molecule has 2 aliphatic heterocycles. The van der Waals surface area contributed by atoms with Crippen molar-refractivity contribution in [1.82, 2.24) is 10.2 Å². The molecule has 0 aliphatic carbocycles. The predicted octanol–water partition coefficient (Wildman–Crippen LogP) is 2.18. The number of ether oxygens (including phenoxy) is 1. The Balaban J connectivity index is 1.77. The number of hydrogen-bond acceptors (Lipinski definition) is 3. The summed E-state index contributed by atoms with van der Waals surface area (Å²) in [7, 11) is 0.